The van der Waals surface area contributed by atoms with Crippen molar-refractivity contribution in [2.75, 3.05) is 12.0 Å². The second-order valence-corrected chi connectivity index (χ2v) is 5.87. The Morgan fingerprint density at radius 3 is 2.53 bits per heavy atom. The molecule has 1 rings (SSSR count). The van der Waals surface area contributed by atoms with Gasteiger partial charge in [0.1, 0.15) is 5.75 Å². The summed E-state index contributed by atoms with van der Waals surface area (Å²) in [6.45, 7) is 3.77. The first kappa shape index (κ1) is 11.8. The van der Waals surface area contributed by atoms with Crippen LogP contribution in [0.25, 0.3) is 0 Å². The summed E-state index contributed by atoms with van der Waals surface area (Å²) in [5.41, 5.74) is 6.20. The van der Waals surface area contributed by atoms with E-state index in [1.54, 1.807) is 18.2 Å². The molecule has 3 N–H and O–H groups in total. The Kier molecular flexibility index (Phi) is 3.24. The van der Waals surface area contributed by atoms with Crippen molar-refractivity contribution >= 4 is 15.4 Å². The summed E-state index contributed by atoms with van der Waals surface area (Å²) in [7, 11) is -2.71. The Balaban J connectivity index is 3.17. The van der Waals surface area contributed by atoms with E-state index in [9.17, 15) is 4.21 Å². The van der Waals surface area contributed by atoms with Crippen LogP contribution in [0.1, 0.15) is 13.8 Å². The van der Waals surface area contributed by atoms with Crippen LogP contribution in [0.4, 0.5) is 5.69 Å². The molecule has 0 bridgehead atoms. The van der Waals surface area contributed by atoms with Crippen LogP contribution in [-0.2, 0) is 9.73 Å². The van der Waals surface area contributed by atoms with Gasteiger partial charge in [-0.1, -0.05) is 0 Å². The van der Waals surface area contributed by atoms with Crippen molar-refractivity contribution in [1.82, 2.24) is 0 Å². The van der Waals surface area contributed by atoms with E-state index in [2.05, 4.69) is 0 Å². The Labute approximate surface area is 90.4 Å². The lowest BCUT2D eigenvalue weighted by Crippen LogP contribution is -2.08. The molecule has 5 heteroatoms. The molecule has 0 saturated carbocycles. The fraction of sp³-hybridized carbons (Fsp3) is 0.400. The number of rotatable bonds is 3. The van der Waals surface area contributed by atoms with Gasteiger partial charge in [0.05, 0.1) is 26.4 Å². The number of hydrogen-bond acceptors (Lipinski definition) is 4. The largest absolute Gasteiger partial charge is 0.489 e. The summed E-state index contributed by atoms with van der Waals surface area (Å²) in [5, 5.41) is 0. The number of nitrogens with two attached hydrogens (primary N) is 1. The van der Waals surface area contributed by atoms with E-state index in [4.69, 9.17) is 15.3 Å². The summed E-state index contributed by atoms with van der Waals surface area (Å²) >= 11 is 0. The van der Waals surface area contributed by atoms with Crippen molar-refractivity contribution in [3.05, 3.63) is 18.2 Å². The van der Waals surface area contributed by atoms with E-state index in [0.29, 0.717) is 16.3 Å². The number of nitrogens with one attached hydrogen (secondary N) is 1. The third-order valence-electron chi connectivity index (χ3n) is 1.80. The molecule has 84 valence electrons. The molecule has 0 aliphatic heterocycles. The molecule has 0 aliphatic carbocycles. The zero-order chi connectivity index (χ0) is 11.6. The topological polar surface area (TPSA) is 76.2 Å². The first-order chi connectivity index (χ1) is 6.80. The summed E-state index contributed by atoms with van der Waals surface area (Å²) in [6.07, 6.45) is 1.37. The van der Waals surface area contributed by atoms with Crippen LogP contribution in [0.15, 0.2) is 23.1 Å². The maximum Gasteiger partial charge on any atom is 0.143 e. The molecule has 1 aromatic rings. The first-order valence-electron chi connectivity index (χ1n) is 4.60. The molecular weight excluding hydrogens is 212 g/mol. The quantitative estimate of drug-likeness (QED) is 0.778. The van der Waals surface area contributed by atoms with Gasteiger partial charge in [-0.25, -0.2) is 8.99 Å². The molecule has 0 amide bonds. The molecule has 0 heterocycles. The van der Waals surface area contributed by atoms with Crippen LogP contribution in [0, 0.1) is 4.78 Å². The third kappa shape index (κ3) is 3.13. The summed E-state index contributed by atoms with van der Waals surface area (Å²) in [5.74, 6) is 0.490. The van der Waals surface area contributed by atoms with E-state index in [1.807, 2.05) is 13.8 Å². The van der Waals surface area contributed by atoms with Crippen LogP contribution >= 0.6 is 0 Å². The van der Waals surface area contributed by atoms with E-state index >= 15 is 0 Å². The molecule has 0 radical (unpaired) electrons. The van der Waals surface area contributed by atoms with Gasteiger partial charge in [-0.3, -0.25) is 0 Å². The smallest absolute Gasteiger partial charge is 0.143 e. The minimum Gasteiger partial charge on any atom is -0.489 e. The molecule has 0 aromatic heterocycles. The van der Waals surface area contributed by atoms with Gasteiger partial charge in [0.15, 0.2) is 0 Å². The van der Waals surface area contributed by atoms with Crippen molar-refractivity contribution in [2.45, 2.75) is 24.8 Å². The first-order valence-corrected chi connectivity index (χ1v) is 6.57. The Morgan fingerprint density at radius 1 is 1.47 bits per heavy atom. The molecule has 4 nitrogen and oxygen atoms in total. The molecule has 0 fully saturated rings. The van der Waals surface area contributed by atoms with Gasteiger partial charge < -0.3 is 10.5 Å². The van der Waals surface area contributed by atoms with Gasteiger partial charge in [0.25, 0.3) is 0 Å². The highest BCUT2D eigenvalue weighted by Gasteiger charge is 2.08. The maximum atomic E-state index is 11.5. The van der Waals surface area contributed by atoms with Gasteiger partial charge in [-0.2, -0.15) is 0 Å². The zero-order valence-corrected chi connectivity index (χ0v) is 9.93. The van der Waals surface area contributed by atoms with Crippen LogP contribution in [-0.4, -0.2) is 16.6 Å². The standard InChI is InChI=1S/C10H16N2O2S/c1-7(2)14-10-6-8(15(3,12)13)4-5-9(10)11/h4-7,12H,11H2,1-3H3. The molecule has 0 saturated heterocycles. The monoisotopic (exact) mass is 228 g/mol. The second kappa shape index (κ2) is 4.10. The molecule has 0 spiro atoms. The van der Waals surface area contributed by atoms with Crippen LogP contribution < -0.4 is 10.5 Å². The molecule has 1 atom stereocenters. The van der Waals surface area contributed by atoms with Crippen LogP contribution in [0.3, 0.4) is 0 Å². The lowest BCUT2D eigenvalue weighted by molar-refractivity contribution is 0.243. The predicted octanol–water partition coefficient (Wildman–Crippen LogP) is 2.09. The Bertz CT molecular complexity index is 452. The lowest BCUT2D eigenvalue weighted by atomic mass is 10.3. The fourth-order valence-corrected chi connectivity index (χ4v) is 1.77. The lowest BCUT2D eigenvalue weighted by Gasteiger charge is -2.13. The number of nitrogen functional groups attached to an aromatic ring is 1. The number of ether oxygens (including phenoxy) is 1. The van der Waals surface area contributed by atoms with Gasteiger partial charge in [0, 0.05) is 6.26 Å². The molecule has 1 aromatic carbocycles. The molecule has 15 heavy (non-hydrogen) atoms. The highest BCUT2D eigenvalue weighted by molar-refractivity contribution is 7.91. The van der Waals surface area contributed by atoms with Crippen molar-refractivity contribution in [1.29, 1.82) is 4.78 Å². The summed E-state index contributed by atoms with van der Waals surface area (Å²) in [4.78, 5) is 0.437. The van der Waals surface area contributed by atoms with Crippen molar-refractivity contribution in [3.63, 3.8) is 0 Å². The van der Waals surface area contributed by atoms with Gasteiger partial charge in [-0.15, -0.1) is 0 Å². The summed E-state index contributed by atoms with van der Waals surface area (Å²) in [6, 6.07) is 4.78. The van der Waals surface area contributed by atoms with Crippen LogP contribution in [0.2, 0.25) is 0 Å². The average Bonchev–Trinajstić information content (AvgIpc) is 2.06. The normalized spacial score (nSPS) is 14.9. The van der Waals surface area contributed by atoms with E-state index < -0.39 is 9.73 Å². The van der Waals surface area contributed by atoms with E-state index in [-0.39, 0.29) is 6.10 Å². The number of benzene rings is 1. The second-order valence-electron chi connectivity index (χ2n) is 3.71. The van der Waals surface area contributed by atoms with Crippen molar-refractivity contribution < 1.29 is 8.95 Å². The van der Waals surface area contributed by atoms with Crippen molar-refractivity contribution in [2.24, 2.45) is 0 Å². The molecule has 0 aliphatic rings. The Morgan fingerprint density at radius 2 is 2.07 bits per heavy atom. The summed E-state index contributed by atoms with van der Waals surface area (Å²) < 4.78 is 24.4. The average molecular weight is 228 g/mol. The van der Waals surface area contributed by atoms with Gasteiger partial charge in [0.2, 0.25) is 0 Å². The van der Waals surface area contributed by atoms with Gasteiger partial charge >= 0.3 is 0 Å². The number of hydrogen-bond donors (Lipinski definition) is 2. The molecule has 1 unspecified atom stereocenters. The minimum atomic E-state index is -2.71. The zero-order valence-electron chi connectivity index (χ0n) is 9.11. The van der Waals surface area contributed by atoms with Crippen molar-refractivity contribution in [3.8, 4) is 5.75 Å². The Hall–Kier alpha value is -1.23. The predicted molar refractivity (Wildman–Crippen MR) is 61.7 cm³/mol. The highest BCUT2D eigenvalue weighted by atomic mass is 32.2. The SMILES string of the molecule is CC(C)Oc1cc(S(C)(=N)=O)ccc1N. The van der Waals surface area contributed by atoms with E-state index in [0.717, 1.165) is 0 Å². The van der Waals surface area contributed by atoms with E-state index in [1.165, 1.54) is 6.26 Å². The van der Waals surface area contributed by atoms with Crippen LogP contribution in [0.5, 0.6) is 5.75 Å². The highest BCUT2D eigenvalue weighted by Crippen LogP contribution is 2.26. The maximum absolute atomic E-state index is 11.5. The fourth-order valence-electron chi connectivity index (χ4n) is 1.11. The molecular formula is C10H16N2O2S. The number of anilines is 1. The third-order valence-corrected chi connectivity index (χ3v) is 2.95. The minimum absolute atomic E-state index is 0.00110. The van der Waals surface area contributed by atoms with Gasteiger partial charge in [-0.05, 0) is 32.0 Å².